The Hall–Kier alpha value is -1.75. The number of rotatable bonds is 4. The van der Waals surface area contributed by atoms with Crippen LogP contribution < -0.4 is 15.8 Å². The van der Waals surface area contributed by atoms with Crippen LogP contribution in [0.3, 0.4) is 0 Å². The van der Waals surface area contributed by atoms with Crippen LogP contribution >= 0.6 is 0 Å². The largest absolute Gasteiger partial charge is 0.497 e. The van der Waals surface area contributed by atoms with Crippen molar-refractivity contribution >= 4 is 11.6 Å². The highest BCUT2D eigenvalue weighted by molar-refractivity contribution is 5.92. The van der Waals surface area contributed by atoms with Crippen LogP contribution in [0.1, 0.15) is 19.3 Å². The second-order valence-electron chi connectivity index (χ2n) is 4.84. The Labute approximate surface area is 113 Å². The summed E-state index contributed by atoms with van der Waals surface area (Å²) in [7, 11) is 1.62. The summed E-state index contributed by atoms with van der Waals surface area (Å²) < 4.78 is 5.14. The van der Waals surface area contributed by atoms with E-state index in [0.29, 0.717) is 12.5 Å². The zero-order valence-electron chi connectivity index (χ0n) is 11.2. The van der Waals surface area contributed by atoms with E-state index in [1.165, 1.54) is 0 Å². The van der Waals surface area contributed by atoms with Crippen molar-refractivity contribution in [3.63, 3.8) is 0 Å². The van der Waals surface area contributed by atoms with E-state index in [2.05, 4.69) is 10.3 Å². The second kappa shape index (κ2) is 6.43. The summed E-state index contributed by atoms with van der Waals surface area (Å²) in [5.74, 6) is 1.38. The number of aliphatic imine (C=N–C) groups is 1. The fraction of sp³-hybridized carbons (Fsp3) is 0.500. The fourth-order valence-corrected chi connectivity index (χ4v) is 2.33. The molecule has 0 amide bonds. The van der Waals surface area contributed by atoms with Crippen molar-refractivity contribution in [2.45, 2.75) is 25.4 Å². The Morgan fingerprint density at radius 1 is 1.53 bits per heavy atom. The molecule has 0 radical (unpaired) electrons. The third-order valence-corrected chi connectivity index (χ3v) is 3.46. The fourth-order valence-electron chi connectivity index (χ4n) is 2.33. The van der Waals surface area contributed by atoms with Crippen molar-refractivity contribution in [1.82, 2.24) is 0 Å². The maximum absolute atomic E-state index is 9.71. The number of benzene rings is 1. The predicted octanol–water partition coefficient (Wildman–Crippen LogP) is 1.58. The molecule has 1 aliphatic carbocycles. The van der Waals surface area contributed by atoms with Gasteiger partial charge in [-0.3, -0.25) is 4.99 Å². The van der Waals surface area contributed by atoms with E-state index < -0.39 is 0 Å². The van der Waals surface area contributed by atoms with Gasteiger partial charge < -0.3 is 20.9 Å². The predicted molar refractivity (Wildman–Crippen MR) is 76.5 cm³/mol. The molecule has 0 heterocycles. The minimum Gasteiger partial charge on any atom is -0.497 e. The molecule has 0 bridgehead atoms. The SMILES string of the molecule is COc1cccc(NC(N)=NCC2CCCC2O)c1. The van der Waals surface area contributed by atoms with E-state index >= 15 is 0 Å². The summed E-state index contributed by atoms with van der Waals surface area (Å²) in [5, 5.41) is 12.7. The first kappa shape index (κ1) is 13.7. The third kappa shape index (κ3) is 3.86. The summed E-state index contributed by atoms with van der Waals surface area (Å²) in [6, 6.07) is 7.50. The molecule has 1 aromatic rings. The molecule has 2 rings (SSSR count). The zero-order valence-corrected chi connectivity index (χ0v) is 11.2. The highest BCUT2D eigenvalue weighted by Crippen LogP contribution is 2.25. The van der Waals surface area contributed by atoms with E-state index in [4.69, 9.17) is 10.5 Å². The average Bonchev–Trinajstić information content (AvgIpc) is 2.82. The molecule has 1 aliphatic rings. The van der Waals surface area contributed by atoms with Gasteiger partial charge in [0.1, 0.15) is 5.75 Å². The first-order chi connectivity index (χ1) is 9.19. The molecule has 0 aromatic heterocycles. The van der Waals surface area contributed by atoms with Crippen molar-refractivity contribution in [2.75, 3.05) is 19.0 Å². The number of aliphatic hydroxyl groups is 1. The number of ether oxygens (including phenoxy) is 1. The Bertz CT molecular complexity index is 448. The molecule has 0 aliphatic heterocycles. The summed E-state index contributed by atoms with van der Waals surface area (Å²) in [6.07, 6.45) is 2.75. The van der Waals surface area contributed by atoms with Gasteiger partial charge in [0.2, 0.25) is 0 Å². The van der Waals surface area contributed by atoms with Crippen molar-refractivity contribution < 1.29 is 9.84 Å². The number of nitrogens with one attached hydrogen (secondary N) is 1. The standard InChI is InChI=1S/C14H21N3O2/c1-19-12-6-3-5-11(8-12)17-14(15)16-9-10-4-2-7-13(10)18/h3,5-6,8,10,13,18H,2,4,7,9H2,1H3,(H3,15,16,17). The van der Waals surface area contributed by atoms with E-state index in [-0.39, 0.29) is 12.0 Å². The minimum absolute atomic E-state index is 0.228. The highest BCUT2D eigenvalue weighted by atomic mass is 16.5. The van der Waals surface area contributed by atoms with Crippen LogP contribution in [-0.2, 0) is 0 Å². The molecular weight excluding hydrogens is 242 g/mol. The van der Waals surface area contributed by atoms with Crippen molar-refractivity contribution in [3.8, 4) is 5.75 Å². The average molecular weight is 263 g/mol. The number of hydrogen-bond acceptors (Lipinski definition) is 3. The Morgan fingerprint density at radius 2 is 2.37 bits per heavy atom. The van der Waals surface area contributed by atoms with Gasteiger partial charge in [-0.2, -0.15) is 0 Å². The van der Waals surface area contributed by atoms with Gasteiger partial charge in [0.05, 0.1) is 13.2 Å². The van der Waals surface area contributed by atoms with Gasteiger partial charge >= 0.3 is 0 Å². The van der Waals surface area contributed by atoms with Crippen LogP contribution in [0, 0.1) is 5.92 Å². The molecule has 4 N–H and O–H groups in total. The van der Waals surface area contributed by atoms with Crippen molar-refractivity contribution in [1.29, 1.82) is 0 Å². The topological polar surface area (TPSA) is 79.9 Å². The van der Waals surface area contributed by atoms with Crippen molar-refractivity contribution in [2.24, 2.45) is 16.6 Å². The van der Waals surface area contributed by atoms with Crippen LogP contribution in [0.25, 0.3) is 0 Å². The number of nitrogens with two attached hydrogens (primary N) is 1. The van der Waals surface area contributed by atoms with Gasteiger partial charge in [-0.1, -0.05) is 12.5 Å². The molecular formula is C14H21N3O2. The van der Waals surface area contributed by atoms with E-state index in [0.717, 1.165) is 30.7 Å². The molecule has 2 atom stereocenters. The van der Waals surface area contributed by atoms with Crippen LogP contribution in [0.5, 0.6) is 5.75 Å². The van der Waals surface area contributed by atoms with Crippen LogP contribution in [0.4, 0.5) is 5.69 Å². The normalized spacial score (nSPS) is 23.4. The molecule has 5 nitrogen and oxygen atoms in total. The van der Waals surface area contributed by atoms with E-state index in [1.54, 1.807) is 7.11 Å². The maximum atomic E-state index is 9.71. The molecule has 1 saturated carbocycles. The third-order valence-electron chi connectivity index (χ3n) is 3.46. The van der Waals surface area contributed by atoms with Gasteiger partial charge in [0.25, 0.3) is 0 Å². The van der Waals surface area contributed by atoms with Gasteiger partial charge in [0.15, 0.2) is 5.96 Å². The van der Waals surface area contributed by atoms with Crippen LogP contribution in [-0.4, -0.2) is 30.8 Å². The number of methoxy groups -OCH3 is 1. The lowest BCUT2D eigenvalue weighted by Gasteiger charge is -2.12. The summed E-state index contributed by atoms with van der Waals surface area (Å²) in [5.41, 5.74) is 6.68. The monoisotopic (exact) mass is 263 g/mol. The summed E-state index contributed by atoms with van der Waals surface area (Å²) >= 11 is 0. The first-order valence-electron chi connectivity index (χ1n) is 6.58. The molecule has 104 valence electrons. The first-order valence-corrected chi connectivity index (χ1v) is 6.58. The van der Waals surface area contributed by atoms with Gasteiger partial charge in [0, 0.05) is 24.2 Å². The lowest BCUT2D eigenvalue weighted by molar-refractivity contribution is 0.137. The zero-order chi connectivity index (χ0) is 13.7. The minimum atomic E-state index is -0.228. The molecule has 5 heteroatoms. The molecule has 0 saturated heterocycles. The second-order valence-corrected chi connectivity index (χ2v) is 4.84. The maximum Gasteiger partial charge on any atom is 0.193 e. The molecule has 2 unspecified atom stereocenters. The number of nitrogens with zero attached hydrogens (tertiary/aromatic N) is 1. The molecule has 0 spiro atoms. The lowest BCUT2D eigenvalue weighted by Crippen LogP contribution is -2.25. The Kier molecular flexibility index (Phi) is 4.63. The lowest BCUT2D eigenvalue weighted by atomic mass is 10.1. The van der Waals surface area contributed by atoms with Crippen molar-refractivity contribution in [3.05, 3.63) is 24.3 Å². The van der Waals surface area contributed by atoms with Crippen LogP contribution in [0.2, 0.25) is 0 Å². The number of hydrogen-bond donors (Lipinski definition) is 3. The summed E-state index contributed by atoms with van der Waals surface area (Å²) in [4.78, 5) is 4.29. The quantitative estimate of drug-likeness (QED) is 0.569. The van der Waals surface area contributed by atoms with E-state index in [1.807, 2.05) is 24.3 Å². The summed E-state index contributed by atoms with van der Waals surface area (Å²) in [6.45, 7) is 0.573. The number of anilines is 1. The molecule has 1 fully saturated rings. The molecule has 1 aromatic carbocycles. The van der Waals surface area contributed by atoms with Crippen LogP contribution in [0.15, 0.2) is 29.3 Å². The Balaban J connectivity index is 1.90. The molecule has 19 heavy (non-hydrogen) atoms. The van der Waals surface area contributed by atoms with Gasteiger partial charge in [-0.05, 0) is 25.0 Å². The van der Waals surface area contributed by atoms with E-state index in [9.17, 15) is 5.11 Å². The van der Waals surface area contributed by atoms with Gasteiger partial charge in [-0.25, -0.2) is 0 Å². The number of aliphatic hydroxyl groups excluding tert-OH is 1. The Morgan fingerprint density at radius 3 is 3.05 bits per heavy atom. The van der Waals surface area contributed by atoms with Gasteiger partial charge in [-0.15, -0.1) is 0 Å². The smallest absolute Gasteiger partial charge is 0.193 e. The number of guanidine groups is 1. The highest BCUT2D eigenvalue weighted by Gasteiger charge is 2.24.